The van der Waals surface area contributed by atoms with Crippen LogP contribution < -0.4 is 10.6 Å². The summed E-state index contributed by atoms with van der Waals surface area (Å²) >= 11 is 0. The van der Waals surface area contributed by atoms with Gasteiger partial charge in [0, 0.05) is 30.4 Å². The molecule has 37 heavy (non-hydrogen) atoms. The Kier molecular flexibility index (Phi) is 6.45. The van der Waals surface area contributed by atoms with Crippen LogP contribution in [0.25, 0.3) is 0 Å². The largest absolute Gasteiger partial charge is 0.427 e. The van der Waals surface area contributed by atoms with Gasteiger partial charge in [0.2, 0.25) is 11.5 Å². The van der Waals surface area contributed by atoms with Crippen LogP contribution in [0.3, 0.4) is 0 Å². The van der Waals surface area contributed by atoms with E-state index >= 15 is 0 Å². The van der Waals surface area contributed by atoms with Gasteiger partial charge in [0.1, 0.15) is 6.54 Å². The molecule has 1 atom stereocenters. The van der Waals surface area contributed by atoms with E-state index in [1.165, 1.54) is 12.6 Å². The number of anilines is 1. The molecule has 5 rings (SSSR count). The number of urea groups is 1. The van der Waals surface area contributed by atoms with Gasteiger partial charge < -0.3 is 20.3 Å². The third kappa shape index (κ3) is 4.34. The summed E-state index contributed by atoms with van der Waals surface area (Å²) in [7, 11) is 1.52. The Morgan fingerprint density at radius 2 is 1.84 bits per heavy atom. The van der Waals surface area contributed by atoms with Crippen molar-refractivity contribution in [1.82, 2.24) is 15.1 Å². The molecule has 0 bridgehead atoms. The Labute approximate surface area is 215 Å². The highest BCUT2D eigenvalue weighted by Gasteiger charge is 2.58. The van der Waals surface area contributed by atoms with Crippen molar-refractivity contribution in [2.24, 2.45) is 0 Å². The van der Waals surface area contributed by atoms with Crippen molar-refractivity contribution < 1.29 is 23.9 Å². The first kappa shape index (κ1) is 24.5. The molecule has 2 aliphatic heterocycles. The number of allylic oxidation sites excluding steroid dienone is 2. The number of imide groups is 1. The molecule has 2 N–H and O–H groups in total. The molecular formula is C28H30N4O5. The van der Waals surface area contributed by atoms with Crippen LogP contribution in [-0.4, -0.2) is 47.3 Å². The average molecular weight is 503 g/mol. The Balaban J connectivity index is 1.37. The highest BCUT2D eigenvalue weighted by Crippen LogP contribution is 2.46. The molecule has 2 aromatic carbocycles. The number of benzene rings is 2. The fourth-order valence-electron chi connectivity index (χ4n) is 5.47. The van der Waals surface area contributed by atoms with Gasteiger partial charge in [-0.1, -0.05) is 43.3 Å². The van der Waals surface area contributed by atoms with Crippen molar-refractivity contribution >= 4 is 29.6 Å². The summed E-state index contributed by atoms with van der Waals surface area (Å²) in [5, 5.41) is 5.20. The minimum atomic E-state index is -1.44. The van der Waals surface area contributed by atoms with E-state index < -0.39 is 17.6 Å². The second-order valence-corrected chi connectivity index (χ2v) is 9.51. The molecule has 1 aliphatic carbocycles. The second-order valence-electron chi connectivity index (χ2n) is 9.51. The molecule has 2 heterocycles. The normalized spacial score (nSPS) is 21.5. The van der Waals surface area contributed by atoms with Gasteiger partial charge in [-0.2, -0.15) is 0 Å². The topological polar surface area (TPSA) is 108 Å². The number of rotatable bonds is 4. The molecule has 1 fully saturated rings. The number of hydrogen-bond acceptors (Lipinski definition) is 5. The SMILES string of the molecule is CC/C=C1/CCc2ccccc2CN1C(=O)CN1C(=O)O[C@]2(CCc3cc(NC(=O)NC)ccc32)C1=O. The van der Waals surface area contributed by atoms with Crippen LogP contribution in [0.1, 0.15) is 48.4 Å². The Bertz CT molecular complexity index is 1320. The van der Waals surface area contributed by atoms with Crippen LogP contribution in [0.5, 0.6) is 0 Å². The summed E-state index contributed by atoms with van der Waals surface area (Å²) in [5.41, 5.74) is 3.72. The van der Waals surface area contributed by atoms with Gasteiger partial charge >= 0.3 is 12.1 Å². The van der Waals surface area contributed by atoms with Gasteiger partial charge in [0.15, 0.2) is 0 Å². The first-order valence-electron chi connectivity index (χ1n) is 12.6. The number of carbonyl (C=O) groups excluding carboxylic acids is 4. The molecule has 0 aromatic heterocycles. The molecule has 9 nitrogen and oxygen atoms in total. The summed E-state index contributed by atoms with van der Waals surface area (Å²) in [4.78, 5) is 54.4. The van der Waals surface area contributed by atoms with E-state index in [-0.39, 0.29) is 18.5 Å². The van der Waals surface area contributed by atoms with Crippen molar-refractivity contribution in [2.45, 2.75) is 51.2 Å². The van der Waals surface area contributed by atoms with E-state index in [0.29, 0.717) is 37.1 Å². The molecular weight excluding hydrogens is 472 g/mol. The summed E-state index contributed by atoms with van der Waals surface area (Å²) in [5.74, 6) is -0.838. The Morgan fingerprint density at radius 1 is 1.05 bits per heavy atom. The number of amides is 5. The van der Waals surface area contributed by atoms with E-state index in [9.17, 15) is 19.2 Å². The van der Waals surface area contributed by atoms with E-state index in [4.69, 9.17) is 4.74 Å². The van der Waals surface area contributed by atoms with Crippen molar-refractivity contribution in [1.29, 1.82) is 0 Å². The summed E-state index contributed by atoms with van der Waals surface area (Å²) in [6.07, 6.45) is 4.33. The van der Waals surface area contributed by atoms with E-state index in [0.717, 1.165) is 34.6 Å². The third-order valence-corrected chi connectivity index (χ3v) is 7.32. The maximum absolute atomic E-state index is 13.6. The van der Waals surface area contributed by atoms with Gasteiger partial charge in [-0.05, 0) is 54.5 Å². The number of fused-ring (bicyclic) bond motifs is 3. The van der Waals surface area contributed by atoms with E-state index in [1.807, 2.05) is 31.2 Å². The van der Waals surface area contributed by atoms with Crippen LogP contribution in [0.2, 0.25) is 0 Å². The molecule has 1 saturated heterocycles. The van der Waals surface area contributed by atoms with Gasteiger partial charge in [-0.15, -0.1) is 0 Å². The van der Waals surface area contributed by atoms with Crippen LogP contribution >= 0.6 is 0 Å². The van der Waals surface area contributed by atoms with Crippen molar-refractivity contribution in [3.63, 3.8) is 0 Å². The van der Waals surface area contributed by atoms with Gasteiger partial charge in [0.05, 0.1) is 6.54 Å². The lowest BCUT2D eigenvalue weighted by atomic mass is 9.94. The Morgan fingerprint density at radius 3 is 2.59 bits per heavy atom. The predicted octanol–water partition coefficient (Wildman–Crippen LogP) is 3.83. The van der Waals surface area contributed by atoms with Gasteiger partial charge in [0.25, 0.3) is 5.91 Å². The lowest BCUT2D eigenvalue weighted by Crippen LogP contribution is -2.44. The number of aryl methyl sites for hydroxylation is 2. The maximum atomic E-state index is 13.6. The predicted molar refractivity (Wildman–Crippen MR) is 136 cm³/mol. The van der Waals surface area contributed by atoms with Crippen molar-refractivity contribution in [3.05, 3.63) is 76.5 Å². The third-order valence-electron chi connectivity index (χ3n) is 7.32. The standard InChI is InChI=1S/C28H30N4O5/c1-3-6-22-11-9-18-7-4-5-8-20(18)16-31(22)24(33)17-32-25(34)28(37-27(32)36)14-13-19-15-21(10-12-23(19)28)30-26(35)29-2/h4-8,10,12,15H,3,9,11,13-14,16-17H2,1-2H3,(H2,29,30,35)/b22-6-/t28-/m0/s1. The molecule has 0 radical (unpaired) electrons. The first-order chi connectivity index (χ1) is 17.9. The molecule has 1 spiro atoms. The average Bonchev–Trinajstić information content (AvgIpc) is 3.28. The quantitative estimate of drug-likeness (QED) is 0.661. The van der Waals surface area contributed by atoms with Crippen LogP contribution in [0, 0.1) is 0 Å². The summed E-state index contributed by atoms with van der Waals surface area (Å²) in [6, 6.07) is 12.8. The number of ether oxygens (including phenoxy) is 1. The van der Waals surface area contributed by atoms with Gasteiger partial charge in [-0.25, -0.2) is 14.5 Å². The zero-order valence-corrected chi connectivity index (χ0v) is 21.0. The highest BCUT2D eigenvalue weighted by atomic mass is 16.6. The lowest BCUT2D eigenvalue weighted by molar-refractivity contribution is -0.141. The number of nitrogens with one attached hydrogen (secondary N) is 2. The zero-order valence-electron chi connectivity index (χ0n) is 21.0. The molecule has 0 saturated carbocycles. The number of nitrogens with zero attached hydrogens (tertiary/aromatic N) is 2. The monoisotopic (exact) mass is 502 g/mol. The molecule has 2 aromatic rings. The first-order valence-corrected chi connectivity index (χ1v) is 12.6. The molecule has 9 heteroatoms. The lowest BCUT2D eigenvalue weighted by Gasteiger charge is -2.26. The Hall–Kier alpha value is -4.14. The number of hydrogen-bond donors (Lipinski definition) is 2. The van der Waals surface area contributed by atoms with Crippen LogP contribution in [0.4, 0.5) is 15.3 Å². The fraction of sp³-hybridized carbons (Fsp3) is 0.357. The molecule has 192 valence electrons. The molecule has 3 aliphatic rings. The van der Waals surface area contributed by atoms with Crippen molar-refractivity contribution in [2.75, 3.05) is 18.9 Å². The fourth-order valence-corrected chi connectivity index (χ4v) is 5.47. The minimum Gasteiger partial charge on any atom is -0.427 e. The summed E-state index contributed by atoms with van der Waals surface area (Å²) < 4.78 is 5.70. The van der Waals surface area contributed by atoms with Gasteiger partial charge in [-0.3, -0.25) is 9.59 Å². The van der Waals surface area contributed by atoms with Crippen molar-refractivity contribution in [3.8, 4) is 0 Å². The highest BCUT2D eigenvalue weighted by molar-refractivity contribution is 6.06. The maximum Gasteiger partial charge on any atom is 0.418 e. The molecule has 5 amide bonds. The zero-order chi connectivity index (χ0) is 26.2. The van der Waals surface area contributed by atoms with E-state index in [1.54, 1.807) is 23.1 Å². The van der Waals surface area contributed by atoms with E-state index in [2.05, 4.69) is 16.7 Å². The summed E-state index contributed by atoms with van der Waals surface area (Å²) in [6.45, 7) is 2.03. The molecule has 0 unspecified atom stereocenters. The number of carbonyl (C=O) groups is 4. The minimum absolute atomic E-state index is 0.291. The van der Waals surface area contributed by atoms with Crippen LogP contribution in [0.15, 0.2) is 54.2 Å². The van der Waals surface area contributed by atoms with Crippen LogP contribution in [-0.2, 0) is 39.3 Å². The second kappa shape index (κ2) is 9.72. The smallest absolute Gasteiger partial charge is 0.418 e.